The molecule has 4 heterocycles. The van der Waals surface area contributed by atoms with Gasteiger partial charge in [-0.1, -0.05) is 12.1 Å². The number of hydrogen-bond acceptors (Lipinski definition) is 7. The van der Waals surface area contributed by atoms with E-state index in [1.807, 2.05) is 55.4 Å². The molecule has 0 saturated carbocycles. The number of ether oxygens (including phenoxy) is 1. The zero-order chi connectivity index (χ0) is 28.2. The fourth-order valence-electron chi connectivity index (χ4n) is 6.11. The minimum Gasteiger partial charge on any atom is -0.372 e. The average Bonchev–Trinajstić information content (AvgIpc) is 3.36. The number of benzene rings is 2. The normalized spacial score (nSPS) is 21.2. The van der Waals surface area contributed by atoms with Gasteiger partial charge in [-0.2, -0.15) is 13.2 Å². The van der Waals surface area contributed by atoms with Crippen LogP contribution >= 0.6 is 0 Å². The van der Waals surface area contributed by atoms with E-state index < -0.39 is 11.7 Å². The van der Waals surface area contributed by atoms with Crippen molar-refractivity contribution in [1.82, 2.24) is 24.5 Å². The van der Waals surface area contributed by atoms with Crippen molar-refractivity contribution < 1.29 is 17.9 Å². The van der Waals surface area contributed by atoms with Gasteiger partial charge in [0.15, 0.2) is 5.65 Å². The van der Waals surface area contributed by atoms with E-state index in [0.29, 0.717) is 60.5 Å². The summed E-state index contributed by atoms with van der Waals surface area (Å²) < 4.78 is 50.9. The Bertz CT molecular complexity index is 1520. The highest BCUT2D eigenvalue weighted by Crippen LogP contribution is 2.40. The van der Waals surface area contributed by atoms with E-state index in [-0.39, 0.29) is 17.9 Å². The van der Waals surface area contributed by atoms with Crippen LogP contribution in [-0.4, -0.2) is 83.0 Å². The van der Waals surface area contributed by atoms with Gasteiger partial charge >= 0.3 is 6.18 Å². The molecule has 40 heavy (non-hydrogen) atoms. The molecule has 0 spiro atoms. The van der Waals surface area contributed by atoms with Gasteiger partial charge in [0.25, 0.3) is 0 Å². The number of aromatic nitrogens is 4. The van der Waals surface area contributed by atoms with Crippen molar-refractivity contribution in [3.05, 3.63) is 48.2 Å². The minimum absolute atomic E-state index is 0.0349. The lowest BCUT2D eigenvalue weighted by atomic mass is 9.98. The molecule has 8 nitrogen and oxygen atoms in total. The smallest absolute Gasteiger partial charge is 0.372 e. The van der Waals surface area contributed by atoms with E-state index in [1.165, 1.54) is 6.07 Å². The van der Waals surface area contributed by atoms with E-state index in [4.69, 9.17) is 4.74 Å². The summed E-state index contributed by atoms with van der Waals surface area (Å²) in [4.78, 5) is 10.7. The Morgan fingerprint density at radius 3 is 2.25 bits per heavy atom. The second kappa shape index (κ2) is 10.2. The van der Waals surface area contributed by atoms with Gasteiger partial charge < -0.3 is 19.4 Å². The topological polar surface area (TPSA) is 62.0 Å². The average molecular weight is 554 g/mol. The SMILES string of the molecule is C[C@@H]1CN(c2nnc3cnc4ccc(-c5ccc(N6CCC(N(C)C)CC6)c(C(F)(F)F)c5)cc4n23)C[C@H](C)O1. The van der Waals surface area contributed by atoms with Crippen LogP contribution in [0.3, 0.4) is 0 Å². The molecule has 4 aromatic rings. The minimum atomic E-state index is -4.47. The monoisotopic (exact) mass is 553 g/mol. The molecule has 2 aromatic heterocycles. The van der Waals surface area contributed by atoms with Crippen molar-refractivity contribution in [1.29, 1.82) is 0 Å². The highest BCUT2D eigenvalue weighted by molar-refractivity contribution is 5.85. The quantitative estimate of drug-likeness (QED) is 0.348. The van der Waals surface area contributed by atoms with Crippen molar-refractivity contribution in [2.45, 2.75) is 51.1 Å². The molecule has 0 unspecified atom stereocenters. The standard InChI is InChI=1S/C29H34F3N7O/c1-18-16-38(17-19(2)40-18)28-35-34-27-15-33-24-7-5-21(14-26(24)39(27)28)20-6-8-25(23(13-20)29(30,31)32)37-11-9-22(10-12-37)36(3)4/h5-8,13-15,18-19,22H,9-12,16-17H2,1-4H3/t18-,19+. The number of morpholine rings is 1. The molecule has 2 aromatic carbocycles. The van der Waals surface area contributed by atoms with Crippen LogP contribution < -0.4 is 9.80 Å². The highest BCUT2D eigenvalue weighted by atomic mass is 19.4. The maximum atomic E-state index is 14.4. The molecule has 6 rings (SSSR count). The molecule has 0 bridgehead atoms. The maximum absolute atomic E-state index is 14.4. The third kappa shape index (κ3) is 4.96. The Kier molecular flexibility index (Phi) is 6.82. The number of anilines is 2. The summed E-state index contributed by atoms with van der Waals surface area (Å²) in [5.41, 5.74) is 2.85. The number of piperidine rings is 1. The number of nitrogens with zero attached hydrogens (tertiary/aromatic N) is 7. The summed E-state index contributed by atoms with van der Waals surface area (Å²) in [6.45, 7) is 6.57. The molecule has 0 radical (unpaired) electrons. The van der Waals surface area contributed by atoms with Crippen molar-refractivity contribution in [3.8, 4) is 11.1 Å². The van der Waals surface area contributed by atoms with Crippen LogP contribution in [0.5, 0.6) is 0 Å². The summed E-state index contributed by atoms with van der Waals surface area (Å²) in [5, 5.41) is 8.79. The molecule has 2 aliphatic heterocycles. The van der Waals surface area contributed by atoms with Crippen LogP contribution in [0.1, 0.15) is 32.3 Å². The van der Waals surface area contributed by atoms with E-state index >= 15 is 0 Å². The van der Waals surface area contributed by atoms with Gasteiger partial charge in [0, 0.05) is 37.9 Å². The molecule has 2 atom stereocenters. The molecule has 0 aliphatic carbocycles. The molecule has 2 saturated heterocycles. The Balaban J connectivity index is 1.40. The van der Waals surface area contributed by atoms with Crippen molar-refractivity contribution in [3.63, 3.8) is 0 Å². The van der Waals surface area contributed by atoms with Gasteiger partial charge in [-0.15, -0.1) is 10.2 Å². The van der Waals surface area contributed by atoms with Gasteiger partial charge in [0.1, 0.15) is 0 Å². The number of fused-ring (bicyclic) bond motifs is 3. The zero-order valence-electron chi connectivity index (χ0n) is 23.2. The van der Waals surface area contributed by atoms with Gasteiger partial charge in [-0.25, -0.2) is 0 Å². The third-order valence-electron chi connectivity index (χ3n) is 8.08. The van der Waals surface area contributed by atoms with Gasteiger partial charge in [0.2, 0.25) is 5.95 Å². The lowest BCUT2D eigenvalue weighted by Gasteiger charge is -2.37. The van der Waals surface area contributed by atoms with Gasteiger partial charge in [-0.3, -0.25) is 9.38 Å². The van der Waals surface area contributed by atoms with E-state index in [9.17, 15) is 13.2 Å². The van der Waals surface area contributed by atoms with E-state index in [0.717, 1.165) is 18.4 Å². The van der Waals surface area contributed by atoms with Crippen molar-refractivity contribution in [2.24, 2.45) is 0 Å². The number of alkyl halides is 3. The molecule has 0 N–H and O–H groups in total. The van der Waals surface area contributed by atoms with E-state index in [2.05, 4.69) is 25.0 Å². The molecule has 212 valence electrons. The second-order valence-corrected chi connectivity index (χ2v) is 11.2. The van der Waals surface area contributed by atoms with Gasteiger partial charge in [0.05, 0.1) is 35.0 Å². The molecule has 2 aliphatic rings. The highest BCUT2D eigenvalue weighted by Gasteiger charge is 2.36. The first-order chi connectivity index (χ1) is 19.1. The van der Waals surface area contributed by atoms with Crippen LogP contribution in [0.4, 0.5) is 24.8 Å². The van der Waals surface area contributed by atoms with E-state index in [1.54, 1.807) is 18.3 Å². The van der Waals surface area contributed by atoms with Crippen LogP contribution in [0.2, 0.25) is 0 Å². The lowest BCUT2D eigenvalue weighted by Crippen LogP contribution is -2.46. The van der Waals surface area contributed by atoms with Crippen LogP contribution in [0, 0.1) is 0 Å². The molecule has 2 fully saturated rings. The largest absolute Gasteiger partial charge is 0.418 e. The lowest BCUT2D eigenvalue weighted by molar-refractivity contribution is -0.137. The molecular weight excluding hydrogens is 519 g/mol. The summed E-state index contributed by atoms with van der Waals surface area (Å²) >= 11 is 0. The Morgan fingerprint density at radius 1 is 0.900 bits per heavy atom. The summed E-state index contributed by atoms with van der Waals surface area (Å²) in [6.07, 6.45) is -1.06. The fourth-order valence-corrected chi connectivity index (χ4v) is 6.11. The predicted octanol–water partition coefficient (Wildman–Crippen LogP) is 5.11. The number of hydrogen-bond donors (Lipinski definition) is 0. The summed E-state index contributed by atoms with van der Waals surface area (Å²) in [6, 6.07) is 10.6. The maximum Gasteiger partial charge on any atom is 0.418 e. The van der Waals surface area contributed by atoms with Crippen molar-refractivity contribution >= 4 is 28.3 Å². The van der Waals surface area contributed by atoms with Crippen LogP contribution in [0.25, 0.3) is 27.8 Å². The predicted molar refractivity (Wildman–Crippen MR) is 150 cm³/mol. The second-order valence-electron chi connectivity index (χ2n) is 11.2. The first kappa shape index (κ1) is 26.8. The van der Waals surface area contributed by atoms with Crippen LogP contribution in [0.15, 0.2) is 42.6 Å². The van der Waals surface area contributed by atoms with Crippen molar-refractivity contribution in [2.75, 3.05) is 50.1 Å². The molecule has 11 heteroatoms. The fraction of sp³-hybridized carbons (Fsp3) is 0.483. The first-order valence-corrected chi connectivity index (χ1v) is 13.8. The molecule has 0 amide bonds. The first-order valence-electron chi connectivity index (χ1n) is 13.8. The Labute approximate surface area is 231 Å². The summed E-state index contributed by atoms with van der Waals surface area (Å²) in [5.74, 6) is 0.675. The molecular formula is C29H34F3N7O. The number of rotatable bonds is 4. The Hall–Kier alpha value is -3.44. The zero-order valence-corrected chi connectivity index (χ0v) is 23.2. The Morgan fingerprint density at radius 2 is 1.57 bits per heavy atom. The number of halogens is 3. The van der Waals surface area contributed by atoms with Crippen LogP contribution in [-0.2, 0) is 10.9 Å². The van der Waals surface area contributed by atoms with Gasteiger partial charge in [-0.05, 0) is 76.2 Å². The third-order valence-corrected chi connectivity index (χ3v) is 8.08. The summed E-state index contributed by atoms with van der Waals surface area (Å²) in [7, 11) is 4.04.